The molecule has 0 amide bonds. The predicted molar refractivity (Wildman–Crippen MR) is 229 cm³/mol. The fourth-order valence-corrected chi connectivity index (χ4v) is 7.95. The molecule has 11 rings (SSSR count). The second-order valence-corrected chi connectivity index (χ2v) is 14.0. The molecule has 8 aromatic carbocycles. The van der Waals surface area contributed by atoms with Crippen LogP contribution < -0.4 is 0 Å². The minimum absolute atomic E-state index is 0.619. The Balaban J connectivity index is 1.04. The molecule has 0 N–H and O–H groups in total. The Morgan fingerprint density at radius 3 is 1.61 bits per heavy atom. The summed E-state index contributed by atoms with van der Waals surface area (Å²) in [4.78, 5) is 15.2. The average molecular weight is 717 g/mol. The Hall–Kier alpha value is -7.63. The highest BCUT2D eigenvalue weighted by molar-refractivity contribution is 6.11. The van der Waals surface area contributed by atoms with Crippen LogP contribution in [-0.4, -0.2) is 19.5 Å². The Bertz CT molecular complexity index is 3220. The SMILES string of the molecule is c1ccc(-c2ccc(-c3nc(-c4ccccc4)nc(-c4ccc5c6ccccc6n(-c6ccc(-c7cccc8c7oc7ccccc78)cc6)c5c4)n3)cc2)cc1. The van der Waals surface area contributed by atoms with Gasteiger partial charge in [0, 0.05) is 49.5 Å². The van der Waals surface area contributed by atoms with Crippen molar-refractivity contribution in [1.29, 1.82) is 0 Å². The van der Waals surface area contributed by atoms with E-state index in [9.17, 15) is 0 Å². The summed E-state index contributed by atoms with van der Waals surface area (Å²) in [5.41, 5.74) is 12.3. The molecule has 0 unspecified atom stereocenters. The lowest BCUT2D eigenvalue weighted by Crippen LogP contribution is -2.00. The molecule has 0 spiro atoms. The van der Waals surface area contributed by atoms with Crippen LogP contribution in [0.25, 0.3) is 106 Å². The number of furan rings is 1. The average Bonchev–Trinajstić information content (AvgIpc) is 3.83. The summed E-state index contributed by atoms with van der Waals surface area (Å²) in [6.07, 6.45) is 0. The summed E-state index contributed by atoms with van der Waals surface area (Å²) in [6, 6.07) is 67.4. The van der Waals surface area contributed by atoms with Crippen molar-refractivity contribution in [3.05, 3.63) is 194 Å². The minimum Gasteiger partial charge on any atom is -0.455 e. The van der Waals surface area contributed by atoms with E-state index in [0.29, 0.717) is 17.5 Å². The van der Waals surface area contributed by atoms with Gasteiger partial charge in [-0.2, -0.15) is 0 Å². The molecule has 262 valence electrons. The van der Waals surface area contributed by atoms with Crippen molar-refractivity contribution in [2.75, 3.05) is 0 Å². The summed E-state index contributed by atoms with van der Waals surface area (Å²) >= 11 is 0. The highest BCUT2D eigenvalue weighted by Gasteiger charge is 2.18. The van der Waals surface area contributed by atoms with Crippen molar-refractivity contribution >= 4 is 43.7 Å². The van der Waals surface area contributed by atoms with Crippen molar-refractivity contribution in [1.82, 2.24) is 19.5 Å². The maximum atomic E-state index is 6.39. The van der Waals surface area contributed by atoms with Crippen molar-refractivity contribution < 1.29 is 4.42 Å². The smallest absolute Gasteiger partial charge is 0.164 e. The molecule has 0 atom stereocenters. The summed E-state index contributed by atoms with van der Waals surface area (Å²) in [7, 11) is 0. The van der Waals surface area contributed by atoms with Gasteiger partial charge < -0.3 is 8.98 Å². The van der Waals surface area contributed by atoms with Crippen LogP contribution in [0.2, 0.25) is 0 Å². The van der Waals surface area contributed by atoms with Gasteiger partial charge in [-0.05, 0) is 47.0 Å². The van der Waals surface area contributed by atoms with Crippen LogP contribution in [0.15, 0.2) is 199 Å². The van der Waals surface area contributed by atoms with Gasteiger partial charge in [-0.15, -0.1) is 0 Å². The van der Waals surface area contributed by atoms with E-state index < -0.39 is 0 Å². The number of aromatic nitrogens is 4. The van der Waals surface area contributed by atoms with Crippen LogP contribution in [0.1, 0.15) is 0 Å². The number of para-hydroxylation sites is 3. The molecule has 0 aliphatic heterocycles. The van der Waals surface area contributed by atoms with Crippen LogP contribution in [0.3, 0.4) is 0 Å². The van der Waals surface area contributed by atoms with E-state index in [1.807, 2.05) is 48.5 Å². The highest BCUT2D eigenvalue weighted by atomic mass is 16.3. The number of benzene rings is 8. The van der Waals surface area contributed by atoms with Gasteiger partial charge in [0.05, 0.1) is 11.0 Å². The Labute approximate surface area is 322 Å². The summed E-state index contributed by atoms with van der Waals surface area (Å²) in [5.74, 6) is 1.88. The molecule has 5 nitrogen and oxygen atoms in total. The van der Waals surface area contributed by atoms with E-state index in [4.69, 9.17) is 19.4 Å². The zero-order valence-corrected chi connectivity index (χ0v) is 30.2. The van der Waals surface area contributed by atoms with Gasteiger partial charge in [-0.1, -0.05) is 164 Å². The van der Waals surface area contributed by atoms with Crippen LogP contribution in [0.4, 0.5) is 0 Å². The maximum Gasteiger partial charge on any atom is 0.164 e. The lowest BCUT2D eigenvalue weighted by Gasteiger charge is -2.11. The molecule has 0 radical (unpaired) electrons. The van der Waals surface area contributed by atoms with Gasteiger partial charge in [0.15, 0.2) is 17.5 Å². The van der Waals surface area contributed by atoms with Crippen LogP contribution in [0.5, 0.6) is 0 Å². The fourth-order valence-electron chi connectivity index (χ4n) is 7.95. The topological polar surface area (TPSA) is 56.7 Å². The van der Waals surface area contributed by atoms with E-state index in [1.54, 1.807) is 0 Å². The number of fused-ring (bicyclic) bond motifs is 6. The largest absolute Gasteiger partial charge is 0.455 e. The van der Waals surface area contributed by atoms with Crippen molar-refractivity contribution in [2.45, 2.75) is 0 Å². The lowest BCUT2D eigenvalue weighted by atomic mass is 10.0. The number of hydrogen-bond donors (Lipinski definition) is 0. The van der Waals surface area contributed by atoms with Crippen LogP contribution in [-0.2, 0) is 0 Å². The molecule has 0 aliphatic rings. The maximum absolute atomic E-state index is 6.39. The second kappa shape index (κ2) is 13.0. The first-order chi connectivity index (χ1) is 27.7. The van der Waals surface area contributed by atoms with Crippen molar-refractivity contribution in [3.63, 3.8) is 0 Å². The van der Waals surface area contributed by atoms with Gasteiger partial charge in [-0.3, -0.25) is 0 Å². The first-order valence-corrected chi connectivity index (χ1v) is 18.8. The van der Waals surface area contributed by atoms with Crippen LogP contribution >= 0.6 is 0 Å². The monoisotopic (exact) mass is 716 g/mol. The van der Waals surface area contributed by atoms with Gasteiger partial charge in [-0.25, -0.2) is 15.0 Å². The summed E-state index contributed by atoms with van der Waals surface area (Å²) < 4.78 is 8.72. The third-order valence-corrected chi connectivity index (χ3v) is 10.7. The van der Waals surface area contributed by atoms with E-state index in [2.05, 4.69) is 150 Å². The third kappa shape index (κ3) is 5.37. The fraction of sp³-hybridized carbons (Fsp3) is 0. The summed E-state index contributed by atoms with van der Waals surface area (Å²) in [6.45, 7) is 0. The quantitative estimate of drug-likeness (QED) is 0.172. The normalized spacial score (nSPS) is 11.6. The molecule has 5 heteroatoms. The van der Waals surface area contributed by atoms with Crippen molar-refractivity contribution in [2.24, 2.45) is 0 Å². The number of nitrogens with zero attached hydrogens (tertiary/aromatic N) is 4. The number of rotatable bonds is 6. The zero-order valence-electron chi connectivity index (χ0n) is 30.2. The van der Waals surface area contributed by atoms with Gasteiger partial charge in [0.25, 0.3) is 0 Å². The molecule has 11 aromatic rings. The second-order valence-electron chi connectivity index (χ2n) is 14.0. The Morgan fingerprint density at radius 1 is 0.339 bits per heavy atom. The standard InChI is InChI=1S/C51H32N4O/c1-3-12-33(13-4-1)34-22-24-37(25-23-34)50-52-49(36-14-5-2-6-15-36)53-51(54-50)38-28-31-42-41-16-7-9-20-45(41)55(46(42)32-38)39-29-26-35(27-30-39)40-18-11-19-44-43-17-8-10-21-47(43)56-48(40)44/h1-32H. The molecule has 3 aromatic heterocycles. The Morgan fingerprint density at radius 2 is 0.857 bits per heavy atom. The van der Waals surface area contributed by atoms with E-state index in [-0.39, 0.29) is 0 Å². The summed E-state index contributed by atoms with van der Waals surface area (Å²) in [5, 5.41) is 4.60. The third-order valence-electron chi connectivity index (χ3n) is 10.7. The molecular formula is C51H32N4O. The molecule has 0 aliphatic carbocycles. The predicted octanol–water partition coefficient (Wildman–Crippen LogP) is 13.2. The first kappa shape index (κ1) is 31.9. The van der Waals surface area contributed by atoms with Gasteiger partial charge in [0.2, 0.25) is 0 Å². The highest BCUT2D eigenvalue weighted by Crippen LogP contribution is 2.38. The van der Waals surface area contributed by atoms with E-state index >= 15 is 0 Å². The van der Waals surface area contributed by atoms with Gasteiger partial charge >= 0.3 is 0 Å². The van der Waals surface area contributed by atoms with E-state index in [1.165, 1.54) is 10.9 Å². The zero-order chi connectivity index (χ0) is 37.0. The molecule has 56 heavy (non-hydrogen) atoms. The van der Waals surface area contributed by atoms with Crippen molar-refractivity contribution in [3.8, 4) is 62.1 Å². The molecule has 0 saturated heterocycles. The molecule has 0 saturated carbocycles. The first-order valence-electron chi connectivity index (χ1n) is 18.8. The molecule has 3 heterocycles. The Kier molecular flexibility index (Phi) is 7.42. The van der Waals surface area contributed by atoms with E-state index in [0.717, 1.165) is 77.4 Å². The molecule has 0 fully saturated rings. The molecular weight excluding hydrogens is 685 g/mol. The van der Waals surface area contributed by atoms with Crippen LogP contribution in [0, 0.1) is 0 Å². The van der Waals surface area contributed by atoms with Gasteiger partial charge in [0.1, 0.15) is 11.2 Å². The minimum atomic E-state index is 0.619. The lowest BCUT2D eigenvalue weighted by molar-refractivity contribution is 0.670. The molecule has 0 bridgehead atoms. The number of hydrogen-bond acceptors (Lipinski definition) is 4.